The van der Waals surface area contributed by atoms with E-state index in [4.69, 9.17) is 21.7 Å². The van der Waals surface area contributed by atoms with Crippen molar-refractivity contribution >= 4 is 33.7 Å². The van der Waals surface area contributed by atoms with Gasteiger partial charge in [-0.15, -0.1) is 0 Å². The number of amides is 1. The minimum atomic E-state index is -3.75. The fourth-order valence-electron chi connectivity index (χ4n) is 1.80. The zero-order valence-electron chi connectivity index (χ0n) is 13.2. The predicted octanol–water partition coefficient (Wildman–Crippen LogP) is 1.39. The number of methoxy groups -OCH3 is 1. The van der Waals surface area contributed by atoms with E-state index in [-0.39, 0.29) is 22.1 Å². The van der Waals surface area contributed by atoms with Gasteiger partial charge in [-0.3, -0.25) is 9.78 Å². The van der Waals surface area contributed by atoms with E-state index in [1.165, 1.54) is 13.4 Å². The molecule has 1 aromatic carbocycles. The van der Waals surface area contributed by atoms with Gasteiger partial charge < -0.3 is 9.47 Å². The molecule has 0 radical (unpaired) electrons. The number of hydrogen-bond acceptors (Lipinski definition) is 8. The number of aromatic nitrogens is 3. The standard InChI is InChI=1S/C14H14N4O5S2/c1-22-7-10(12(19)18-25(2,20)21)9-5-3-4-6-11(9)23-13-15-8-16-14(24)17-13/h3-8H,1-2H3,(H,18,19)(H,15,16,17,24)/b10-7+. The van der Waals surface area contributed by atoms with Crippen molar-refractivity contribution in [1.82, 2.24) is 19.7 Å². The second kappa shape index (κ2) is 7.85. The van der Waals surface area contributed by atoms with Crippen LogP contribution in [-0.2, 0) is 19.6 Å². The molecule has 0 fully saturated rings. The molecule has 2 N–H and O–H groups in total. The molecule has 9 nitrogen and oxygen atoms in total. The molecule has 0 saturated heterocycles. The quantitative estimate of drug-likeness (QED) is 0.436. The van der Waals surface area contributed by atoms with Crippen molar-refractivity contribution in [1.29, 1.82) is 0 Å². The molecule has 132 valence electrons. The summed E-state index contributed by atoms with van der Waals surface area (Å²) in [7, 11) is -2.42. The Labute approximate surface area is 148 Å². The molecule has 1 aromatic heterocycles. The highest BCUT2D eigenvalue weighted by Crippen LogP contribution is 2.29. The van der Waals surface area contributed by atoms with Crippen LogP contribution in [0.2, 0.25) is 0 Å². The molecular formula is C14H14N4O5S2. The molecule has 0 aliphatic heterocycles. The smallest absolute Gasteiger partial charge is 0.302 e. The van der Waals surface area contributed by atoms with Crippen LogP contribution in [0.1, 0.15) is 5.56 Å². The number of rotatable bonds is 6. The Balaban J connectivity index is 2.44. The van der Waals surface area contributed by atoms with Crippen LogP contribution in [0, 0.1) is 4.77 Å². The summed E-state index contributed by atoms with van der Waals surface area (Å²) in [5.74, 6) is -0.630. The van der Waals surface area contributed by atoms with Gasteiger partial charge in [-0.05, 0) is 18.3 Å². The first-order valence-electron chi connectivity index (χ1n) is 6.74. The van der Waals surface area contributed by atoms with Crippen LogP contribution < -0.4 is 9.46 Å². The van der Waals surface area contributed by atoms with Crippen molar-refractivity contribution in [2.45, 2.75) is 0 Å². The third kappa shape index (κ3) is 5.36. The lowest BCUT2D eigenvalue weighted by molar-refractivity contribution is -0.114. The Morgan fingerprint density at radius 2 is 2.04 bits per heavy atom. The lowest BCUT2D eigenvalue weighted by Crippen LogP contribution is -2.30. The van der Waals surface area contributed by atoms with Crippen LogP contribution in [-0.4, -0.2) is 42.6 Å². The summed E-state index contributed by atoms with van der Waals surface area (Å²) < 4.78 is 35.2. The van der Waals surface area contributed by atoms with Crippen molar-refractivity contribution in [3.05, 3.63) is 47.2 Å². The normalized spacial score (nSPS) is 11.7. The molecule has 0 atom stereocenters. The van der Waals surface area contributed by atoms with Crippen molar-refractivity contribution in [3.8, 4) is 11.8 Å². The van der Waals surface area contributed by atoms with Gasteiger partial charge >= 0.3 is 6.01 Å². The van der Waals surface area contributed by atoms with Crippen LogP contribution in [0.15, 0.2) is 36.9 Å². The molecule has 0 unspecified atom stereocenters. The molecule has 25 heavy (non-hydrogen) atoms. The summed E-state index contributed by atoms with van der Waals surface area (Å²) in [6, 6.07) is 6.53. The van der Waals surface area contributed by atoms with E-state index >= 15 is 0 Å². The van der Waals surface area contributed by atoms with Crippen molar-refractivity contribution in [2.75, 3.05) is 13.4 Å². The highest BCUT2D eigenvalue weighted by Gasteiger charge is 2.20. The third-order valence-electron chi connectivity index (χ3n) is 2.71. The monoisotopic (exact) mass is 382 g/mol. The first-order chi connectivity index (χ1) is 11.8. The average Bonchev–Trinajstić information content (AvgIpc) is 2.52. The van der Waals surface area contributed by atoms with E-state index < -0.39 is 15.9 Å². The van der Waals surface area contributed by atoms with Crippen molar-refractivity contribution < 1.29 is 22.7 Å². The Kier molecular flexibility index (Phi) is 5.83. The Morgan fingerprint density at radius 1 is 1.32 bits per heavy atom. The van der Waals surface area contributed by atoms with E-state index in [0.717, 1.165) is 12.5 Å². The number of sulfonamides is 1. The van der Waals surface area contributed by atoms with Gasteiger partial charge in [0, 0.05) is 5.56 Å². The number of ether oxygens (including phenoxy) is 2. The minimum Gasteiger partial charge on any atom is -0.504 e. The first kappa shape index (κ1) is 18.5. The molecule has 0 aliphatic rings. The number of H-pyrrole nitrogens is 1. The van der Waals surface area contributed by atoms with Gasteiger partial charge in [0.2, 0.25) is 14.8 Å². The van der Waals surface area contributed by atoms with Gasteiger partial charge in [0.1, 0.15) is 12.1 Å². The van der Waals surface area contributed by atoms with Crippen LogP contribution >= 0.6 is 12.2 Å². The van der Waals surface area contributed by atoms with Gasteiger partial charge in [0.25, 0.3) is 5.91 Å². The van der Waals surface area contributed by atoms with E-state index in [2.05, 4.69) is 15.0 Å². The second-order valence-electron chi connectivity index (χ2n) is 4.68. The van der Waals surface area contributed by atoms with Crippen LogP contribution in [0.4, 0.5) is 0 Å². The van der Waals surface area contributed by atoms with Gasteiger partial charge in [-0.2, -0.15) is 4.98 Å². The van der Waals surface area contributed by atoms with E-state index in [1.54, 1.807) is 24.3 Å². The topological polar surface area (TPSA) is 123 Å². The zero-order chi connectivity index (χ0) is 18.4. The van der Waals surface area contributed by atoms with E-state index in [1.807, 2.05) is 4.72 Å². The van der Waals surface area contributed by atoms with Crippen LogP contribution in [0.25, 0.3) is 5.57 Å². The summed E-state index contributed by atoms with van der Waals surface area (Å²) in [5, 5.41) is 0. The highest BCUT2D eigenvalue weighted by atomic mass is 32.2. The van der Waals surface area contributed by atoms with Gasteiger partial charge in [-0.25, -0.2) is 18.1 Å². The number of carbonyl (C=O) groups excluding carboxylic acids is 1. The fourth-order valence-corrected chi connectivity index (χ4v) is 2.39. The first-order valence-corrected chi connectivity index (χ1v) is 9.04. The second-order valence-corrected chi connectivity index (χ2v) is 6.81. The molecule has 0 spiro atoms. The molecule has 11 heteroatoms. The van der Waals surface area contributed by atoms with Crippen LogP contribution in [0.3, 0.4) is 0 Å². The van der Waals surface area contributed by atoms with Gasteiger partial charge in [0.15, 0.2) is 0 Å². The predicted molar refractivity (Wildman–Crippen MR) is 91.7 cm³/mol. The zero-order valence-corrected chi connectivity index (χ0v) is 14.8. The van der Waals surface area contributed by atoms with E-state index in [0.29, 0.717) is 5.56 Å². The number of benzene rings is 1. The molecule has 1 amide bonds. The highest BCUT2D eigenvalue weighted by molar-refractivity contribution is 7.89. The Morgan fingerprint density at radius 3 is 2.68 bits per heavy atom. The number of nitrogens with one attached hydrogen (secondary N) is 2. The maximum absolute atomic E-state index is 12.3. The van der Waals surface area contributed by atoms with E-state index in [9.17, 15) is 13.2 Å². The Hall–Kier alpha value is -2.79. The molecule has 0 saturated carbocycles. The fraction of sp³-hybridized carbons (Fsp3) is 0.143. The molecule has 0 bridgehead atoms. The summed E-state index contributed by atoms with van der Waals surface area (Å²) in [4.78, 5) is 22.5. The molecule has 1 heterocycles. The summed E-state index contributed by atoms with van der Waals surface area (Å²) in [6.07, 6.45) is 3.21. The lowest BCUT2D eigenvalue weighted by atomic mass is 10.1. The van der Waals surface area contributed by atoms with Crippen molar-refractivity contribution in [2.24, 2.45) is 0 Å². The van der Waals surface area contributed by atoms with Gasteiger partial charge in [-0.1, -0.05) is 18.2 Å². The summed E-state index contributed by atoms with van der Waals surface area (Å²) in [6.45, 7) is 0. The van der Waals surface area contributed by atoms with Gasteiger partial charge in [0.05, 0.1) is 25.2 Å². The number of carbonyl (C=O) groups is 1. The third-order valence-corrected chi connectivity index (χ3v) is 3.47. The SMILES string of the molecule is CO/C=C(/C(=O)NS(C)(=O)=O)c1ccccc1Oc1ncnc(=S)[nH]1. The molecule has 0 aliphatic carbocycles. The van der Waals surface area contributed by atoms with Crippen LogP contribution in [0.5, 0.6) is 11.8 Å². The number of nitrogens with zero attached hydrogens (tertiary/aromatic N) is 2. The van der Waals surface area contributed by atoms with Crippen molar-refractivity contribution in [3.63, 3.8) is 0 Å². The average molecular weight is 382 g/mol. The summed E-state index contributed by atoms with van der Waals surface area (Å²) >= 11 is 4.89. The largest absolute Gasteiger partial charge is 0.504 e. The maximum Gasteiger partial charge on any atom is 0.302 e. The Bertz CT molecular complexity index is 969. The number of para-hydroxylation sites is 1. The molecular weight excluding hydrogens is 368 g/mol. The lowest BCUT2D eigenvalue weighted by Gasteiger charge is -2.12. The summed E-state index contributed by atoms with van der Waals surface area (Å²) in [5.41, 5.74) is 0.250. The molecule has 2 aromatic rings. The molecule has 2 rings (SSSR count). The number of hydrogen-bond donors (Lipinski definition) is 2. The minimum absolute atomic E-state index is 0.0452. The number of aromatic amines is 1. The maximum atomic E-state index is 12.3.